The van der Waals surface area contributed by atoms with Crippen LogP contribution in [-0.2, 0) is 0 Å². The molecule has 0 fully saturated rings. The van der Waals surface area contributed by atoms with Gasteiger partial charge in [0.25, 0.3) is 17.5 Å². The summed E-state index contributed by atoms with van der Waals surface area (Å²) in [5.74, 6) is -1.39. The van der Waals surface area contributed by atoms with Crippen molar-refractivity contribution in [2.75, 3.05) is 10.6 Å². The number of phenols is 1. The van der Waals surface area contributed by atoms with E-state index in [0.29, 0.717) is 33.3 Å². The average molecular weight is 546 g/mol. The first-order valence-electron chi connectivity index (χ1n) is 12.5. The number of anilines is 2. The number of fused-ring (bicyclic) bond motifs is 1. The summed E-state index contributed by atoms with van der Waals surface area (Å²) in [5, 5.41) is 37.3. The fourth-order valence-corrected chi connectivity index (χ4v) is 4.16. The van der Waals surface area contributed by atoms with Crippen LogP contribution in [0.2, 0.25) is 0 Å². The van der Waals surface area contributed by atoms with Gasteiger partial charge in [0.2, 0.25) is 0 Å². The highest BCUT2D eigenvalue weighted by molar-refractivity contribution is 6.13. The number of non-ortho nitro benzene ring substituents is 1. The number of nitrogens with one attached hydrogen (secondary N) is 2. The number of aryl methyl sites for hydroxylation is 1. The zero-order chi connectivity index (χ0) is 28.9. The van der Waals surface area contributed by atoms with E-state index in [2.05, 4.69) is 20.9 Å². The van der Waals surface area contributed by atoms with Gasteiger partial charge in [0.05, 0.1) is 16.2 Å². The van der Waals surface area contributed by atoms with Gasteiger partial charge in [0.1, 0.15) is 5.69 Å². The molecule has 5 aromatic carbocycles. The number of carbonyl (C=O) groups is 2. The first-order chi connectivity index (χ1) is 19.8. The molecule has 0 aliphatic heterocycles. The van der Waals surface area contributed by atoms with Crippen molar-refractivity contribution in [3.8, 4) is 5.75 Å². The number of hydrogen-bond donors (Lipinski definition) is 3. The van der Waals surface area contributed by atoms with E-state index in [1.54, 1.807) is 85.8 Å². The second-order valence-electron chi connectivity index (χ2n) is 9.13. The number of rotatable bonds is 7. The van der Waals surface area contributed by atoms with Crippen molar-refractivity contribution >= 4 is 51.0 Å². The Morgan fingerprint density at radius 3 is 2.05 bits per heavy atom. The molecule has 0 bridgehead atoms. The third kappa shape index (κ3) is 5.91. The van der Waals surface area contributed by atoms with Gasteiger partial charge in [-0.1, -0.05) is 48.5 Å². The topological polar surface area (TPSA) is 146 Å². The van der Waals surface area contributed by atoms with Gasteiger partial charge in [-0.15, -0.1) is 10.2 Å². The van der Waals surface area contributed by atoms with Crippen molar-refractivity contribution in [2.24, 2.45) is 10.2 Å². The quantitative estimate of drug-likeness (QED) is 0.109. The number of nitrogens with zero attached hydrogens (tertiary/aromatic N) is 3. The predicted molar refractivity (Wildman–Crippen MR) is 156 cm³/mol. The van der Waals surface area contributed by atoms with E-state index >= 15 is 0 Å². The Morgan fingerprint density at radius 2 is 1.41 bits per heavy atom. The molecule has 0 unspecified atom stereocenters. The number of hydrogen-bond acceptors (Lipinski definition) is 7. The maximum Gasteiger partial charge on any atom is 0.271 e. The zero-order valence-electron chi connectivity index (χ0n) is 21.7. The first kappa shape index (κ1) is 26.7. The SMILES string of the molecule is Cc1ccc([N+](=O)[O-])cc1/N=N/c1c(O)c(C(=O)Nc2ccccc2)cc2cc(C(=O)Nc3ccccc3)ccc12. The fourth-order valence-electron chi connectivity index (χ4n) is 4.16. The van der Waals surface area contributed by atoms with Crippen molar-refractivity contribution in [3.05, 3.63) is 130 Å². The molecular weight excluding hydrogens is 522 g/mol. The smallest absolute Gasteiger partial charge is 0.271 e. The number of benzene rings is 5. The Bertz CT molecular complexity index is 1820. The molecule has 3 N–H and O–H groups in total. The van der Waals surface area contributed by atoms with Crippen molar-refractivity contribution in [2.45, 2.75) is 6.92 Å². The molecular formula is C31H23N5O5. The molecule has 10 heteroatoms. The molecule has 0 aromatic heterocycles. The molecule has 5 rings (SSSR count). The summed E-state index contributed by atoms with van der Waals surface area (Å²) in [6, 6.07) is 28.1. The molecule has 0 aliphatic rings. The van der Waals surface area contributed by atoms with Gasteiger partial charge in [-0.05, 0) is 60.3 Å². The summed E-state index contributed by atoms with van der Waals surface area (Å²) < 4.78 is 0. The van der Waals surface area contributed by atoms with Crippen molar-refractivity contribution < 1.29 is 19.6 Å². The minimum absolute atomic E-state index is 0.0263. The van der Waals surface area contributed by atoms with Crippen LogP contribution in [0, 0.1) is 17.0 Å². The van der Waals surface area contributed by atoms with Gasteiger partial charge in [-0.3, -0.25) is 19.7 Å². The standard InChI is InChI=1S/C31H23N5O5/c1-19-12-14-24(36(40)41)18-27(19)34-35-28-25-15-13-20(30(38)32-22-8-4-2-5-9-22)16-21(25)17-26(29(28)37)31(39)33-23-10-6-3-7-11-23/h2-18,37H,1H3,(H,32,38)(H,33,39)/b35-34+. The number of phenolic OH excluding ortho intramolecular Hbond substituents is 1. The third-order valence-electron chi connectivity index (χ3n) is 6.32. The van der Waals surface area contributed by atoms with E-state index in [-0.39, 0.29) is 28.5 Å². The summed E-state index contributed by atoms with van der Waals surface area (Å²) in [7, 11) is 0. The fraction of sp³-hybridized carbons (Fsp3) is 0.0323. The maximum atomic E-state index is 13.2. The lowest BCUT2D eigenvalue weighted by Crippen LogP contribution is -2.13. The Balaban J connectivity index is 1.60. The van der Waals surface area contributed by atoms with E-state index in [1.165, 1.54) is 18.2 Å². The van der Waals surface area contributed by atoms with Crippen molar-refractivity contribution in [1.82, 2.24) is 0 Å². The minimum atomic E-state index is -0.599. The number of nitro groups is 1. The average Bonchev–Trinajstić information content (AvgIpc) is 2.97. The van der Waals surface area contributed by atoms with Crippen LogP contribution in [0.3, 0.4) is 0 Å². The maximum absolute atomic E-state index is 13.2. The molecule has 0 heterocycles. The van der Waals surface area contributed by atoms with Gasteiger partial charge in [-0.25, -0.2) is 0 Å². The van der Waals surface area contributed by atoms with Gasteiger partial charge in [0.15, 0.2) is 5.75 Å². The van der Waals surface area contributed by atoms with Gasteiger partial charge < -0.3 is 15.7 Å². The summed E-state index contributed by atoms with van der Waals surface area (Å²) in [5.41, 5.74) is 2.03. The zero-order valence-corrected chi connectivity index (χ0v) is 21.7. The number of amides is 2. The monoisotopic (exact) mass is 545 g/mol. The predicted octanol–water partition coefficient (Wildman–Crippen LogP) is 7.68. The summed E-state index contributed by atoms with van der Waals surface area (Å²) >= 11 is 0. The lowest BCUT2D eigenvalue weighted by atomic mass is 10.00. The number of azo groups is 1. The Hall–Kier alpha value is -5.90. The molecule has 0 saturated heterocycles. The highest BCUT2D eigenvalue weighted by atomic mass is 16.6. The number of para-hydroxylation sites is 2. The minimum Gasteiger partial charge on any atom is -0.505 e. The van der Waals surface area contributed by atoms with Crippen LogP contribution in [0.25, 0.3) is 10.8 Å². The molecule has 0 spiro atoms. The van der Waals surface area contributed by atoms with Crippen LogP contribution in [0.15, 0.2) is 113 Å². The molecule has 0 radical (unpaired) electrons. The van der Waals surface area contributed by atoms with Gasteiger partial charge in [0, 0.05) is 34.5 Å². The molecule has 0 saturated carbocycles. The number of aromatic hydroxyl groups is 1. The first-order valence-corrected chi connectivity index (χ1v) is 12.5. The van der Waals surface area contributed by atoms with Crippen LogP contribution in [0.1, 0.15) is 26.3 Å². The van der Waals surface area contributed by atoms with E-state index in [1.807, 2.05) is 6.07 Å². The third-order valence-corrected chi connectivity index (χ3v) is 6.32. The lowest BCUT2D eigenvalue weighted by molar-refractivity contribution is -0.384. The molecule has 5 aromatic rings. The van der Waals surface area contributed by atoms with E-state index in [4.69, 9.17) is 0 Å². The van der Waals surface area contributed by atoms with Gasteiger partial charge >= 0.3 is 0 Å². The van der Waals surface area contributed by atoms with Crippen LogP contribution in [0.4, 0.5) is 28.4 Å². The van der Waals surface area contributed by atoms with Gasteiger partial charge in [-0.2, -0.15) is 0 Å². The largest absolute Gasteiger partial charge is 0.505 e. The molecule has 202 valence electrons. The Morgan fingerprint density at radius 1 is 0.780 bits per heavy atom. The molecule has 2 amide bonds. The Kier molecular flexibility index (Phi) is 7.46. The lowest BCUT2D eigenvalue weighted by Gasteiger charge is -2.12. The van der Waals surface area contributed by atoms with Crippen molar-refractivity contribution in [3.63, 3.8) is 0 Å². The molecule has 10 nitrogen and oxygen atoms in total. The molecule has 41 heavy (non-hydrogen) atoms. The van der Waals surface area contributed by atoms with Crippen LogP contribution in [0.5, 0.6) is 5.75 Å². The summed E-state index contributed by atoms with van der Waals surface area (Å²) in [6.07, 6.45) is 0. The summed E-state index contributed by atoms with van der Waals surface area (Å²) in [4.78, 5) is 36.9. The highest BCUT2D eigenvalue weighted by Gasteiger charge is 2.20. The Labute approximate surface area is 234 Å². The number of nitro benzene ring substituents is 1. The van der Waals surface area contributed by atoms with E-state index in [9.17, 15) is 24.8 Å². The van der Waals surface area contributed by atoms with Crippen molar-refractivity contribution in [1.29, 1.82) is 0 Å². The van der Waals surface area contributed by atoms with Crippen LogP contribution < -0.4 is 10.6 Å². The molecule has 0 aliphatic carbocycles. The second kappa shape index (κ2) is 11.5. The van der Waals surface area contributed by atoms with E-state index < -0.39 is 16.6 Å². The highest BCUT2D eigenvalue weighted by Crippen LogP contribution is 2.40. The molecule has 0 atom stereocenters. The van der Waals surface area contributed by atoms with E-state index in [0.717, 1.165) is 0 Å². The summed E-state index contributed by atoms with van der Waals surface area (Å²) in [6.45, 7) is 1.72. The van der Waals surface area contributed by atoms with Crippen LogP contribution in [-0.4, -0.2) is 21.8 Å². The normalized spacial score (nSPS) is 11.0. The second-order valence-corrected chi connectivity index (χ2v) is 9.13. The van der Waals surface area contributed by atoms with Crippen LogP contribution >= 0.6 is 0 Å². The number of carbonyl (C=O) groups excluding carboxylic acids is 2.